The first-order valence-corrected chi connectivity index (χ1v) is 6.57. The molecule has 1 aromatic rings. The van der Waals surface area contributed by atoms with E-state index in [4.69, 9.17) is 5.73 Å². The largest absolute Gasteiger partial charge is 0.375 e. The van der Waals surface area contributed by atoms with Crippen molar-refractivity contribution in [3.63, 3.8) is 0 Å². The van der Waals surface area contributed by atoms with E-state index in [1.165, 1.54) is 11.3 Å². The van der Waals surface area contributed by atoms with Gasteiger partial charge in [0.15, 0.2) is 5.13 Å². The maximum Gasteiger partial charge on any atom is 0.220 e. The number of thiazole rings is 1. The van der Waals surface area contributed by atoms with Crippen LogP contribution >= 0.6 is 11.3 Å². The van der Waals surface area contributed by atoms with E-state index in [1.54, 1.807) is 0 Å². The van der Waals surface area contributed by atoms with Gasteiger partial charge in [0.05, 0.1) is 5.69 Å². The summed E-state index contributed by atoms with van der Waals surface area (Å²) in [5, 5.41) is 5.35. The Hall–Kier alpha value is -1.14. The monoisotopic (exact) mass is 256 g/mol. The average Bonchev–Trinajstić information content (AvgIpc) is 2.67. The molecule has 1 amide bonds. The fourth-order valence-corrected chi connectivity index (χ4v) is 1.99. The highest BCUT2D eigenvalue weighted by atomic mass is 32.1. The Morgan fingerprint density at radius 1 is 1.59 bits per heavy atom. The summed E-state index contributed by atoms with van der Waals surface area (Å²) >= 11 is 1.41. The Bertz CT molecular complexity index is 351. The molecule has 5 nitrogen and oxygen atoms in total. The number of nitrogen functional groups attached to an aromatic ring is 1. The van der Waals surface area contributed by atoms with Crippen LogP contribution in [0.4, 0.5) is 5.13 Å². The van der Waals surface area contributed by atoms with Crippen molar-refractivity contribution >= 4 is 22.4 Å². The third kappa shape index (κ3) is 6.23. The first kappa shape index (κ1) is 13.9. The molecular formula is C11H20N4OS. The van der Waals surface area contributed by atoms with E-state index in [2.05, 4.69) is 15.2 Å². The van der Waals surface area contributed by atoms with Gasteiger partial charge in [0, 0.05) is 18.3 Å². The standard InChI is InChI=1S/C11H20N4OS/c1-15(2)7-3-6-13-10(16)5-4-9-8-17-11(12)14-9/h8H,3-7H2,1-2H3,(H2,12,14)(H,13,16). The number of nitrogens with one attached hydrogen (secondary N) is 1. The number of nitrogens with zero attached hydrogens (tertiary/aromatic N) is 2. The van der Waals surface area contributed by atoms with E-state index < -0.39 is 0 Å². The molecule has 0 spiro atoms. The Labute approximate surface area is 106 Å². The molecule has 96 valence electrons. The Balaban J connectivity index is 2.09. The second-order valence-corrected chi connectivity index (χ2v) is 5.07. The van der Waals surface area contributed by atoms with Crippen molar-refractivity contribution in [2.75, 3.05) is 32.9 Å². The summed E-state index contributed by atoms with van der Waals surface area (Å²) in [6.07, 6.45) is 2.11. The lowest BCUT2D eigenvalue weighted by Gasteiger charge is -2.09. The number of hydrogen-bond donors (Lipinski definition) is 2. The van der Waals surface area contributed by atoms with Gasteiger partial charge >= 0.3 is 0 Å². The van der Waals surface area contributed by atoms with E-state index in [0.717, 1.165) is 25.2 Å². The molecule has 3 N–H and O–H groups in total. The zero-order valence-corrected chi connectivity index (χ0v) is 11.2. The van der Waals surface area contributed by atoms with E-state index in [9.17, 15) is 4.79 Å². The molecule has 0 aliphatic heterocycles. The molecular weight excluding hydrogens is 236 g/mol. The van der Waals surface area contributed by atoms with Gasteiger partial charge in [-0.25, -0.2) is 4.98 Å². The summed E-state index contributed by atoms with van der Waals surface area (Å²) in [4.78, 5) is 17.7. The van der Waals surface area contributed by atoms with Gasteiger partial charge in [-0.15, -0.1) is 11.3 Å². The second kappa shape index (κ2) is 7.24. The molecule has 0 atom stereocenters. The summed E-state index contributed by atoms with van der Waals surface area (Å²) in [6, 6.07) is 0. The lowest BCUT2D eigenvalue weighted by atomic mass is 10.2. The molecule has 17 heavy (non-hydrogen) atoms. The fourth-order valence-electron chi connectivity index (χ4n) is 1.39. The third-order valence-corrected chi connectivity index (χ3v) is 3.00. The average molecular weight is 256 g/mol. The highest BCUT2D eigenvalue weighted by Crippen LogP contribution is 2.12. The quantitative estimate of drug-likeness (QED) is 0.705. The molecule has 0 aliphatic carbocycles. The van der Waals surface area contributed by atoms with Crippen molar-refractivity contribution in [2.45, 2.75) is 19.3 Å². The minimum Gasteiger partial charge on any atom is -0.375 e. The molecule has 0 saturated carbocycles. The van der Waals surface area contributed by atoms with Crippen molar-refractivity contribution in [1.29, 1.82) is 0 Å². The lowest BCUT2D eigenvalue weighted by Crippen LogP contribution is -2.27. The van der Waals surface area contributed by atoms with Crippen molar-refractivity contribution in [1.82, 2.24) is 15.2 Å². The number of aryl methyl sites for hydroxylation is 1. The van der Waals surface area contributed by atoms with Gasteiger partial charge in [0.2, 0.25) is 5.91 Å². The predicted molar refractivity (Wildman–Crippen MR) is 71.0 cm³/mol. The minimum atomic E-state index is 0.0790. The molecule has 0 radical (unpaired) electrons. The maximum absolute atomic E-state index is 11.5. The van der Waals surface area contributed by atoms with Crippen molar-refractivity contribution < 1.29 is 4.79 Å². The van der Waals surface area contributed by atoms with E-state index >= 15 is 0 Å². The number of amides is 1. The topological polar surface area (TPSA) is 71.2 Å². The molecule has 1 rings (SSSR count). The summed E-state index contributed by atoms with van der Waals surface area (Å²) in [7, 11) is 4.04. The van der Waals surface area contributed by atoms with Crippen molar-refractivity contribution in [2.24, 2.45) is 0 Å². The van der Waals surface area contributed by atoms with E-state index in [-0.39, 0.29) is 5.91 Å². The number of rotatable bonds is 7. The third-order valence-electron chi connectivity index (χ3n) is 2.28. The van der Waals surface area contributed by atoms with Gasteiger partial charge in [0.25, 0.3) is 0 Å². The summed E-state index contributed by atoms with van der Waals surface area (Å²) in [5.41, 5.74) is 6.41. The zero-order valence-electron chi connectivity index (χ0n) is 10.4. The van der Waals surface area contributed by atoms with Crippen molar-refractivity contribution in [3.05, 3.63) is 11.1 Å². The molecule has 1 aromatic heterocycles. The first-order chi connectivity index (χ1) is 8.08. The van der Waals surface area contributed by atoms with Gasteiger partial charge in [0.1, 0.15) is 0 Å². The van der Waals surface area contributed by atoms with Crippen LogP contribution in [0.15, 0.2) is 5.38 Å². The van der Waals surface area contributed by atoms with Crippen LogP contribution in [-0.4, -0.2) is 43.0 Å². The summed E-state index contributed by atoms with van der Waals surface area (Å²) < 4.78 is 0. The normalized spacial score (nSPS) is 10.8. The van der Waals surface area contributed by atoms with Crippen LogP contribution in [-0.2, 0) is 11.2 Å². The van der Waals surface area contributed by atoms with Gasteiger partial charge < -0.3 is 16.0 Å². The lowest BCUT2D eigenvalue weighted by molar-refractivity contribution is -0.121. The number of aromatic nitrogens is 1. The Kier molecular flexibility index (Phi) is 5.93. The highest BCUT2D eigenvalue weighted by Gasteiger charge is 2.04. The number of nitrogens with two attached hydrogens (primary N) is 1. The highest BCUT2D eigenvalue weighted by molar-refractivity contribution is 7.13. The van der Waals surface area contributed by atoms with Crippen LogP contribution in [0.1, 0.15) is 18.5 Å². The maximum atomic E-state index is 11.5. The van der Waals surface area contributed by atoms with Gasteiger partial charge in [-0.1, -0.05) is 0 Å². The van der Waals surface area contributed by atoms with Crippen LogP contribution in [0, 0.1) is 0 Å². The molecule has 6 heteroatoms. The number of anilines is 1. The second-order valence-electron chi connectivity index (χ2n) is 4.18. The Morgan fingerprint density at radius 3 is 2.94 bits per heavy atom. The van der Waals surface area contributed by atoms with Crippen LogP contribution in [0.5, 0.6) is 0 Å². The van der Waals surface area contributed by atoms with Crippen LogP contribution < -0.4 is 11.1 Å². The number of carbonyl (C=O) groups excluding carboxylic acids is 1. The zero-order chi connectivity index (χ0) is 12.7. The van der Waals surface area contributed by atoms with Crippen LogP contribution in [0.25, 0.3) is 0 Å². The van der Waals surface area contributed by atoms with E-state index in [1.807, 2.05) is 19.5 Å². The van der Waals surface area contributed by atoms with Crippen LogP contribution in [0.3, 0.4) is 0 Å². The molecule has 0 bridgehead atoms. The molecule has 0 aliphatic rings. The number of hydrogen-bond acceptors (Lipinski definition) is 5. The first-order valence-electron chi connectivity index (χ1n) is 5.69. The summed E-state index contributed by atoms with van der Waals surface area (Å²) in [6.45, 7) is 1.72. The van der Waals surface area contributed by atoms with Gasteiger partial charge in [-0.05, 0) is 33.5 Å². The van der Waals surface area contributed by atoms with Gasteiger partial charge in [-0.3, -0.25) is 4.79 Å². The Morgan fingerprint density at radius 2 is 2.35 bits per heavy atom. The predicted octanol–water partition coefficient (Wildman–Crippen LogP) is 0.726. The molecule has 0 fully saturated rings. The summed E-state index contributed by atoms with van der Waals surface area (Å²) in [5.74, 6) is 0.0790. The van der Waals surface area contributed by atoms with Crippen molar-refractivity contribution in [3.8, 4) is 0 Å². The van der Waals surface area contributed by atoms with E-state index in [0.29, 0.717) is 18.0 Å². The van der Waals surface area contributed by atoms with Gasteiger partial charge in [-0.2, -0.15) is 0 Å². The SMILES string of the molecule is CN(C)CCCNC(=O)CCc1csc(N)n1. The molecule has 1 heterocycles. The number of carbonyl (C=O) groups is 1. The van der Waals surface area contributed by atoms with Crippen LogP contribution in [0.2, 0.25) is 0 Å². The minimum absolute atomic E-state index is 0.0790. The fraction of sp³-hybridized carbons (Fsp3) is 0.636. The molecule has 0 unspecified atom stereocenters. The molecule has 0 saturated heterocycles. The molecule has 0 aromatic carbocycles. The smallest absolute Gasteiger partial charge is 0.220 e.